The Bertz CT molecular complexity index is 834. The Morgan fingerprint density at radius 3 is 2.55 bits per heavy atom. The average Bonchev–Trinajstić information content (AvgIpc) is 3.08. The molecule has 0 spiro atoms. The summed E-state index contributed by atoms with van der Waals surface area (Å²) in [5, 5.41) is 33.6. The van der Waals surface area contributed by atoms with Crippen molar-refractivity contribution >= 4 is 11.6 Å². The fourth-order valence-electron chi connectivity index (χ4n) is 8.97. The normalized spacial score (nSPS) is 44.3. The number of aliphatic hydroxyl groups is 3. The van der Waals surface area contributed by atoms with Crippen molar-refractivity contribution in [2.24, 2.45) is 34.5 Å². The molecule has 0 radical (unpaired) electrons. The lowest BCUT2D eigenvalue weighted by molar-refractivity contribution is -0.198. The van der Waals surface area contributed by atoms with E-state index in [-0.39, 0.29) is 29.0 Å². The van der Waals surface area contributed by atoms with Gasteiger partial charge in [-0.1, -0.05) is 46.1 Å². The zero-order valence-corrected chi connectivity index (χ0v) is 21.0. The van der Waals surface area contributed by atoms with Gasteiger partial charge in [-0.3, -0.25) is 9.59 Å². The van der Waals surface area contributed by atoms with E-state index in [4.69, 9.17) is 0 Å². The second-order valence-electron chi connectivity index (χ2n) is 12.2. The van der Waals surface area contributed by atoms with Gasteiger partial charge in [-0.25, -0.2) is 0 Å². The molecular formula is C28H44O5. The average molecular weight is 461 g/mol. The van der Waals surface area contributed by atoms with E-state index in [0.717, 1.165) is 44.9 Å². The number of unbranched alkanes of at least 4 members (excludes halogenated alkanes) is 1. The standard InChI is InChI=1S/C28H44O5/c1-5-7-12-27(32,6-2)22-16-26(4)21(11-14-28(26,33)23(31)17-29)20-9-8-18-15-19(30)10-13-25(18,3)24(20)22/h15,20-22,24,29,32-33H,5-14,16-17H2,1-4H3/t20?,21?,22?,24?,25-,26-,27?,28-/m0/s1. The maximum Gasteiger partial charge on any atom is 0.190 e. The molecule has 5 nitrogen and oxygen atoms in total. The van der Waals surface area contributed by atoms with Crippen LogP contribution >= 0.6 is 0 Å². The van der Waals surface area contributed by atoms with Crippen molar-refractivity contribution in [3.8, 4) is 0 Å². The van der Waals surface area contributed by atoms with Crippen LogP contribution in [0.4, 0.5) is 0 Å². The zero-order chi connectivity index (χ0) is 24.2. The number of fused-ring (bicyclic) bond motifs is 5. The van der Waals surface area contributed by atoms with E-state index < -0.39 is 29.0 Å². The first-order chi connectivity index (χ1) is 15.5. The van der Waals surface area contributed by atoms with E-state index in [0.29, 0.717) is 31.6 Å². The van der Waals surface area contributed by atoms with E-state index in [1.807, 2.05) is 6.08 Å². The van der Waals surface area contributed by atoms with Gasteiger partial charge in [0.25, 0.3) is 0 Å². The second-order valence-corrected chi connectivity index (χ2v) is 12.2. The van der Waals surface area contributed by atoms with Gasteiger partial charge in [0.05, 0.1) is 5.60 Å². The van der Waals surface area contributed by atoms with Crippen LogP contribution in [0, 0.1) is 34.5 Å². The van der Waals surface area contributed by atoms with Crippen LogP contribution in [0.15, 0.2) is 11.6 Å². The highest BCUT2D eigenvalue weighted by atomic mass is 16.3. The number of hydrogen-bond acceptors (Lipinski definition) is 5. The van der Waals surface area contributed by atoms with Crippen LogP contribution in [0.3, 0.4) is 0 Å². The number of aliphatic hydroxyl groups excluding tert-OH is 1. The lowest BCUT2D eigenvalue weighted by atomic mass is 9.41. The van der Waals surface area contributed by atoms with Crippen molar-refractivity contribution in [2.45, 2.75) is 110 Å². The SMILES string of the molecule is CCCCC(O)(CC)C1C[C@@]2(C)C(CC[C@]2(O)C(=O)CO)C2CCC3=CC(=O)CC[C@]3(C)C21. The highest BCUT2D eigenvalue weighted by Crippen LogP contribution is 2.70. The molecule has 4 aliphatic rings. The first-order valence-corrected chi connectivity index (χ1v) is 13.3. The zero-order valence-electron chi connectivity index (χ0n) is 21.0. The van der Waals surface area contributed by atoms with Crippen molar-refractivity contribution in [1.29, 1.82) is 0 Å². The summed E-state index contributed by atoms with van der Waals surface area (Å²) in [6, 6.07) is 0. The van der Waals surface area contributed by atoms with Gasteiger partial charge in [0.15, 0.2) is 11.6 Å². The Labute approximate surface area is 199 Å². The molecule has 8 atom stereocenters. The van der Waals surface area contributed by atoms with Crippen LogP contribution in [-0.2, 0) is 9.59 Å². The third-order valence-corrected chi connectivity index (χ3v) is 10.9. The first kappa shape index (κ1) is 25.1. The summed E-state index contributed by atoms with van der Waals surface area (Å²) in [6.45, 7) is 7.93. The maximum atomic E-state index is 12.9. The summed E-state index contributed by atoms with van der Waals surface area (Å²) in [6.07, 6.45) is 10.2. The summed E-state index contributed by atoms with van der Waals surface area (Å²) < 4.78 is 0. The van der Waals surface area contributed by atoms with Gasteiger partial charge in [-0.2, -0.15) is 0 Å². The van der Waals surface area contributed by atoms with Gasteiger partial charge < -0.3 is 15.3 Å². The highest BCUT2D eigenvalue weighted by Gasteiger charge is 2.69. The maximum absolute atomic E-state index is 12.9. The van der Waals surface area contributed by atoms with E-state index >= 15 is 0 Å². The number of carbonyl (C=O) groups excluding carboxylic acids is 2. The van der Waals surface area contributed by atoms with Crippen LogP contribution in [0.2, 0.25) is 0 Å². The molecule has 33 heavy (non-hydrogen) atoms. The van der Waals surface area contributed by atoms with Crippen LogP contribution in [0.25, 0.3) is 0 Å². The summed E-state index contributed by atoms with van der Waals surface area (Å²) >= 11 is 0. The molecule has 0 aromatic rings. The molecule has 0 saturated heterocycles. The van der Waals surface area contributed by atoms with Crippen molar-refractivity contribution in [3.63, 3.8) is 0 Å². The molecule has 0 heterocycles. The number of hydrogen-bond donors (Lipinski definition) is 3. The highest BCUT2D eigenvalue weighted by molar-refractivity contribution is 5.91. The Kier molecular flexibility index (Phi) is 6.51. The first-order valence-electron chi connectivity index (χ1n) is 13.3. The fraction of sp³-hybridized carbons (Fsp3) is 0.857. The number of ketones is 2. The molecule has 3 saturated carbocycles. The summed E-state index contributed by atoms with van der Waals surface area (Å²) in [5.74, 6) is 0.407. The number of Topliss-reactive ketones (excluding diaryl/α,β-unsaturated/α-hetero) is 1. The molecule has 186 valence electrons. The van der Waals surface area contributed by atoms with Crippen molar-refractivity contribution < 1.29 is 24.9 Å². The van der Waals surface area contributed by atoms with Gasteiger partial charge in [-0.15, -0.1) is 0 Å². The molecule has 3 N–H and O–H groups in total. The molecule has 0 amide bonds. The Balaban J connectivity index is 1.85. The van der Waals surface area contributed by atoms with Gasteiger partial charge >= 0.3 is 0 Å². The predicted molar refractivity (Wildman–Crippen MR) is 127 cm³/mol. The third-order valence-electron chi connectivity index (χ3n) is 10.9. The quantitative estimate of drug-likeness (QED) is 0.524. The molecule has 0 aliphatic heterocycles. The molecule has 0 aromatic heterocycles. The van der Waals surface area contributed by atoms with Crippen LogP contribution in [-0.4, -0.2) is 44.7 Å². The van der Waals surface area contributed by atoms with Crippen LogP contribution in [0.1, 0.15) is 98.3 Å². The van der Waals surface area contributed by atoms with Crippen LogP contribution in [0.5, 0.6) is 0 Å². The molecule has 0 aromatic carbocycles. The van der Waals surface area contributed by atoms with Crippen molar-refractivity contribution in [3.05, 3.63) is 11.6 Å². The number of allylic oxidation sites excluding steroid dienone is 1. The molecule has 5 heteroatoms. The van der Waals surface area contributed by atoms with E-state index in [9.17, 15) is 24.9 Å². The summed E-state index contributed by atoms with van der Waals surface area (Å²) in [7, 11) is 0. The number of carbonyl (C=O) groups is 2. The van der Waals surface area contributed by atoms with Gasteiger partial charge in [0, 0.05) is 11.8 Å². The minimum absolute atomic E-state index is 0.0571. The summed E-state index contributed by atoms with van der Waals surface area (Å²) in [5.41, 5.74) is -1.93. The number of rotatable bonds is 7. The van der Waals surface area contributed by atoms with Crippen LogP contribution < -0.4 is 0 Å². The van der Waals surface area contributed by atoms with E-state index in [2.05, 4.69) is 27.7 Å². The Morgan fingerprint density at radius 2 is 1.91 bits per heavy atom. The summed E-state index contributed by atoms with van der Waals surface area (Å²) in [4.78, 5) is 25.2. The Morgan fingerprint density at radius 1 is 1.18 bits per heavy atom. The smallest absolute Gasteiger partial charge is 0.190 e. The van der Waals surface area contributed by atoms with Gasteiger partial charge in [-0.05, 0) is 86.5 Å². The molecule has 3 fully saturated rings. The van der Waals surface area contributed by atoms with Crippen molar-refractivity contribution in [2.75, 3.05) is 6.61 Å². The molecule has 0 bridgehead atoms. The predicted octanol–water partition coefficient (Wildman–Crippen LogP) is 4.37. The topological polar surface area (TPSA) is 94.8 Å². The molecule has 4 aliphatic carbocycles. The fourth-order valence-corrected chi connectivity index (χ4v) is 8.97. The minimum atomic E-state index is -1.53. The van der Waals surface area contributed by atoms with E-state index in [1.165, 1.54) is 5.57 Å². The lowest BCUT2D eigenvalue weighted by Gasteiger charge is -2.64. The van der Waals surface area contributed by atoms with Gasteiger partial charge in [0.2, 0.25) is 0 Å². The third kappa shape index (κ3) is 3.51. The van der Waals surface area contributed by atoms with E-state index in [1.54, 1.807) is 0 Å². The molecule has 4 rings (SSSR count). The molecule has 5 unspecified atom stereocenters. The monoisotopic (exact) mass is 460 g/mol. The minimum Gasteiger partial charge on any atom is -0.390 e. The van der Waals surface area contributed by atoms with Crippen molar-refractivity contribution in [1.82, 2.24) is 0 Å². The second kappa shape index (κ2) is 8.57. The lowest BCUT2D eigenvalue weighted by Crippen LogP contribution is -2.64. The van der Waals surface area contributed by atoms with Gasteiger partial charge in [0.1, 0.15) is 12.2 Å². The Hall–Kier alpha value is -1.04. The largest absolute Gasteiger partial charge is 0.390 e. The molecular weight excluding hydrogens is 416 g/mol.